The highest BCUT2D eigenvalue weighted by Crippen LogP contribution is 2.47. The summed E-state index contributed by atoms with van der Waals surface area (Å²) in [7, 11) is 1.60. The monoisotopic (exact) mass is 449 g/mol. The topological polar surface area (TPSA) is 64.6 Å². The first-order chi connectivity index (χ1) is 16.0. The Morgan fingerprint density at radius 2 is 1.79 bits per heavy atom. The first kappa shape index (κ1) is 22.8. The van der Waals surface area contributed by atoms with Gasteiger partial charge in [0.15, 0.2) is 0 Å². The minimum atomic E-state index is -0.755. The summed E-state index contributed by atoms with van der Waals surface area (Å²) in [6, 6.07) is 13.9. The van der Waals surface area contributed by atoms with E-state index < -0.39 is 23.6 Å². The van der Waals surface area contributed by atoms with Gasteiger partial charge in [-0.15, -0.1) is 0 Å². The van der Waals surface area contributed by atoms with Crippen LogP contribution in [-0.4, -0.2) is 25.5 Å². The van der Waals surface area contributed by atoms with Crippen LogP contribution in [0, 0.1) is 11.7 Å². The van der Waals surface area contributed by atoms with Gasteiger partial charge in [0.05, 0.1) is 25.2 Å². The zero-order valence-electron chi connectivity index (χ0n) is 19.1. The number of esters is 1. The molecule has 4 rings (SSSR count). The second-order valence-electron chi connectivity index (χ2n) is 8.42. The molecule has 0 spiro atoms. The van der Waals surface area contributed by atoms with Crippen LogP contribution in [0.4, 0.5) is 4.39 Å². The average molecular weight is 450 g/mol. The summed E-state index contributed by atoms with van der Waals surface area (Å²) < 4.78 is 25.9. The molecule has 0 amide bonds. The number of hydrogen-bond acceptors (Lipinski definition) is 5. The maximum atomic E-state index is 15.0. The van der Waals surface area contributed by atoms with Gasteiger partial charge in [0.1, 0.15) is 17.3 Å². The lowest BCUT2D eigenvalue weighted by molar-refractivity contribution is -0.139. The number of hydrogen-bond donors (Lipinski definition) is 1. The smallest absolute Gasteiger partial charge is 0.336 e. The molecular formula is C27H28FNO4. The van der Waals surface area contributed by atoms with Crippen LogP contribution in [0.3, 0.4) is 0 Å². The predicted octanol–water partition coefficient (Wildman–Crippen LogP) is 5.01. The molecule has 1 aliphatic carbocycles. The second-order valence-corrected chi connectivity index (χ2v) is 8.42. The Kier molecular flexibility index (Phi) is 6.63. The number of para-hydroxylation sites is 1. The fourth-order valence-electron chi connectivity index (χ4n) is 4.85. The van der Waals surface area contributed by atoms with E-state index in [9.17, 15) is 14.0 Å². The van der Waals surface area contributed by atoms with E-state index in [1.54, 1.807) is 32.2 Å². The molecular weight excluding hydrogens is 421 g/mol. The van der Waals surface area contributed by atoms with E-state index in [1.165, 1.54) is 6.07 Å². The zero-order chi connectivity index (χ0) is 23.5. The van der Waals surface area contributed by atoms with E-state index in [2.05, 4.69) is 5.32 Å². The summed E-state index contributed by atoms with van der Waals surface area (Å²) in [6.45, 7) is 3.94. The molecule has 1 aliphatic heterocycles. The number of ether oxygens (including phenoxy) is 2. The standard InChI is InChI=1S/C27H28FNO4/c1-4-13-33-27(31)24-16(2)29-21-14-17(18-9-6-8-12-23(18)32-3)15-22(30)26(21)25(24)19-10-5-7-11-20(19)28/h5-12,14,17,25-26,29H,4,13,15H2,1-3H3. The van der Waals surface area contributed by atoms with Crippen molar-refractivity contribution in [1.82, 2.24) is 5.32 Å². The van der Waals surface area contributed by atoms with Crippen LogP contribution in [0.1, 0.15) is 49.7 Å². The van der Waals surface area contributed by atoms with E-state index in [-0.39, 0.29) is 24.7 Å². The van der Waals surface area contributed by atoms with Gasteiger partial charge in [0.2, 0.25) is 0 Å². The molecule has 6 heteroatoms. The van der Waals surface area contributed by atoms with Crippen LogP contribution < -0.4 is 10.1 Å². The molecule has 172 valence electrons. The molecule has 2 aromatic carbocycles. The molecule has 1 N–H and O–H groups in total. The third-order valence-electron chi connectivity index (χ3n) is 6.30. The molecule has 0 bridgehead atoms. The van der Waals surface area contributed by atoms with Crippen LogP contribution in [-0.2, 0) is 14.3 Å². The van der Waals surface area contributed by atoms with E-state index in [1.807, 2.05) is 37.3 Å². The Balaban J connectivity index is 1.83. The van der Waals surface area contributed by atoms with Gasteiger partial charge in [-0.25, -0.2) is 9.18 Å². The number of Topliss-reactive ketones (excluding diaryl/α,β-unsaturated/α-hetero) is 1. The molecule has 2 aromatic rings. The first-order valence-corrected chi connectivity index (χ1v) is 11.2. The number of allylic oxidation sites excluding steroid dienone is 3. The van der Waals surface area contributed by atoms with Crippen LogP contribution in [0.15, 0.2) is 71.6 Å². The van der Waals surface area contributed by atoms with Crippen molar-refractivity contribution in [2.45, 2.75) is 38.5 Å². The number of carbonyl (C=O) groups is 2. The van der Waals surface area contributed by atoms with Crippen molar-refractivity contribution in [2.24, 2.45) is 5.92 Å². The van der Waals surface area contributed by atoms with Gasteiger partial charge >= 0.3 is 5.97 Å². The minimum Gasteiger partial charge on any atom is -0.496 e. The third kappa shape index (κ3) is 4.30. The lowest BCUT2D eigenvalue weighted by Gasteiger charge is -2.39. The summed E-state index contributed by atoms with van der Waals surface area (Å²) in [5.41, 5.74) is 2.79. The number of fused-ring (bicyclic) bond motifs is 1. The van der Waals surface area contributed by atoms with Crippen LogP contribution in [0.2, 0.25) is 0 Å². The van der Waals surface area contributed by atoms with Gasteiger partial charge in [-0.05, 0) is 31.0 Å². The quantitative estimate of drug-likeness (QED) is 0.629. The van der Waals surface area contributed by atoms with Crippen molar-refractivity contribution >= 4 is 11.8 Å². The van der Waals surface area contributed by atoms with Crippen LogP contribution >= 0.6 is 0 Å². The fraction of sp³-hybridized carbons (Fsp3) is 0.333. The van der Waals surface area contributed by atoms with Crippen molar-refractivity contribution in [3.05, 3.63) is 88.5 Å². The van der Waals surface area contributed by atoms with E-state index >= 15 is 0 Å². The zero-order valence-corrected chi connectivity index (χ0v) is 19.1. The van der Waals surface area contributed by atoms with Crippen molar-refractivity contribution in [3.63, 3.8) is 0 Å². The van der Waals surface area contributed by atoms with Crippen molar-refractivity contribution in [3.8, 4) is 5.75 Å². The van der Waals surface area contributed by atoms with Crippen molar-refractivity contribution in [2.75, 3.05) is 13.7 Å². The maximum Gasteiger partial charge on any atom is 0.336 e. The number of carbonyl (C=O) groups excluding carboxylic acids is 2. The highest BCUT2D eigenvalue weighted by Gasteiger charge is 2.46. The second kappa shape index (κ2) is 9.61. The number of rotatable bonds is 6. The van der Waals surface area contributed by atoms with Crippen molar-refractivity contribution in [1.29, 1.82) is 0 Å². The Morgan fingerprint density at radius 1 is 1.09 bits per heavy atom. The minimum absolute atomic E-state index is 0.0579. The third-order valence-corrected chi connectivity index (χ3v) is 6.30. The van der Waals surface area contributed by atoms with Gasteiger partial charge in [0, 0.05) is 35.2 Å². The Bertz CT molecular complexity index is 1140. The number of halogens is 1. The molecule has 0 aromatic heterocycles. The summed E-state index contributed by atoms with van der Waals surface area (Å²) in [5, 5.41) is 3.27. The molecule has 2 aliphatic rings. The lowest BCUT2D eigenvalue weighted by Crippen LogP contribution is -2.42. The number of nitrogens with one attached hydrogen (secondary N) is 1. The lowest BCUT2D eigenvalue weighted by atomic mass is 9.68. The van der Waals surface area contributed by atoms with Crippen LogP contribution in [0.5, 0.6) is 5.75 Å². The molecule has 3 atom stereocenters. The largest absolute Gasteiger partial charge is 0.496 e. The summed E-state index contributed by atoms with van der Waals surface area (Å²) in [5.74, 6) is -1.95. The first-order valence-electron chi connectivity index (χ1n) is 11.2. The summed E-state index contributed by atoms with van der Waals surface area (Å²) in [4.78, 5) is 26.6. The van der Waals surface area contributed by atoms with Gasteiger partial charge in [-0.2, -0.15) is 0 Å². The average Bonchev–Trinajstić information content (AvgIpc) is 2.81. The van der Waals surface area contributed by atoms with E-state index in [0.29, 0.717) is 34.7 Å². The van der Waals surface area contributed by atoms with Gasteiger partial charge < -0.3 is 14.8 Å². The molecule has 5 nitrogen and oxygen atoms in total. The Labute approximate surface area is 193 Å². The summed E-state index contributed by atoms with van der Waals surface area (Å²) in [6.07, 6.45) is 2.91. The normalized spacial score (nSPS) is 22.2. The Hall–Kier alpha value is -3.41. The maximum absolute atomic E-state index is 15.0. The predicted molar refractivity (Wildman–Crippen MR) is 123 cm³/mol. The summed E-state index contributed by atoms with van der Waals surface area (Å²) >= 11 is 0. The molecule has 33 heavy (non-hydrogen) atoms. The molecule has 0 radical (unpaired) electrons. The number of methoxy groups -OCH3 is 1. The fourth-order valence-corrected chi connectivity index (χ4v) is 4.85. The van der Waals surface area contributed by atoms with E-state index in [0.717, 1.165) is 5.56 Å². The number of benzene rings is 2. The highest BCUT2D eigenvalue weighted by molar-refractivity contribution is 5.96. The van der Waals surface area contributed by atoms with E-state index in [4.69, 9.17) is 9.47 Å². The van der Waals surface area contributed by atoms with Gasteiger partial charge in [-0.3, -0.25) is 4.79 Å². The van der Waals surface area contributed by atoms with Crippen molar-refractivity contribution < 1.29 is 23.5 Å². The SMILES string of the molecule is CCCOC(=O)C1=C(C)NC2=CC(c3ccccc3OC)CC(=O)C2C1c1ccccc1F. The van der Waals surface area contributed by atoms with Crippen LogP contribution in [0.25, 0.3) is 0 Å². The van der Waals surface area contributed by atoms with Gasteiger partial charge in [-0.1, -0.05) is 49.4 Å². The number of ketones is 1. The molecule has 3 unspecified atom stereocenters. The molecule has 0 saturated heterocycles. The highest BCUT2D eigenvalue weighted by atomic mass is 19.1. The molecule has 0 saturated carbocycles. The molecule has 1 heterocycles. The van der Waals surface area contributed by atoms with Gasteiger partial charge in [0.25, 0.3) is 0 Å². The Morgan fingerprint density at radius 3 is 2.48 bits per heavy atom. The molecule has 0 fully saturated rings.